The smallest absolute Gasteiger partial charge is 0.238 e. The van der Waals surface area contributed by atoms with Crippen molar-refractivity contribution in [2.24, 2.45) is 10.9 Å². The molecule has 5 nitrogen and oxygen atoms in total. The predicted octanol–water partition coefficient (Wildman–Crippen LogP) is 1.67. The normalized spacial score (nSPS) is 24.2. The molecular weight excluding hydrogens is 286 g/mol. The number of rotatable bonds is 3. The molecule has 0 radical (unpaired) electrons. The summed E-state index contributed by atoms with van der Waals surface area (Å²) in [6.07, 6.45) is 3.95. The molecule has 0 aliphatic heterocycles. The number of sulfonamides is 1. The van der Waals surface area contributed by atoms with Gasteiger partial charge in [0.1, 0.15) is 0 Å². The van der Waals surface area contributed by atoms with E-state index in [9.17, 15) is 8.42 Å². The van der Waals surface area contributed by atoms with Crippen molar-refractivity contribution in [2.75, 3.05) is 5.32 Å². The summed E-state index contributed by atoms with van der Waals surface area (Å²) in [6.45, 7) is 0. The maximum atomic E-state index is 11.3. The first-order valence-electron chi connectivity index (χ1n) is 6.21. The summed E-state index contributed by atoms with van der Waals surface area (Å²) >= 11 is 6.07. The Morgan fingerprint density at radius 2 is 2.05 bits per heavy atom. The molecule has 5 N–H and O–H groups in total. The molecule has 0 spiro atoms. The van der Waals surface area contributed by atoms with Crippen LogP contribution in [-0.2, 0) is 10.0 Å². The first kappa shape index (κ1) is 14.6. The highest BCUT2D eigenvalue weighted by Gasteiger charge is 2.20. The lowest BCUT2D eigenvalue weighted by Crippen LogP contribution is -2.35. The van der Waals surface area contributed by atoms with E-state index in [-0.39, 0.29) is 17.0 Å². The fraction of sp³-hybridized carbons (Fsp3) is 0.500. The van der Waals surface area contributed by atoms with Crippen molar-refractivity contribution in [1.29, 1.82) is 0 Å². The molecule has 1 aromatic carbocycles. The zero-order valence-corrected chi connectivity index (χ0v) is 12.0. The van der Waals surface area contributed by atoms with Crippen molar-refractivity contribution in [3.8, 4) is 0 Å². The Bertz CT molecular complexity index is 562. The summed E-state index contributed by atoms with van der Waals surface area (Å²) in [4.78, 5) is 0.0551. The van der Waals surface area contributed by atoms with Gasteiger partial charge in [0.05, 0.1) is 15.6 Å². The van der Waals surface area contributed by atoms with Crippen LogP contribution in [0.25, 0.3) is 0 Å². The molecule has 1 saturated carbocycles. The van der Waals surface area contributed by atoms with Gasteiger partial charge in [-0.3, -0.25) is 0 Å². The summed E-state index contributed by atoms with van der Waals surface area (Å²) in [6, 6.07) is 4.81. The number of nitrogens with one attached hydrogen (secondary N) is 1. The number of benzene rings is 1. The summed E-state index contributed by atoms with van der Waals surface area (Å²) in [7, 11) is -3.72. The Morgan fingerprint density at radius 1 is 1.32 bits per heavy atom. The van der Waals surface area contributed by atoms with Crippen LogP contribution >= 0.6 is 11.6 Å². The third-order valence-corrected chi connectivity index (χ3v) is 4.58. The predicted molar refractivity (Wildman–Crippen MR) is 76.7 cm³/mol. The minimum absolute atomic E-state index is 0.0551. The van der Waals surface area contributed by atoms with Gasteiger partial charge in [0.2, 0.25) is 10.0 Å². The van der Waals surface area contributed by atoms with Crippen molar-refractivity contribution in [1.82, 2.24) is 0 Å². The van der Waals surface area contributed by atoms with Gasteiger partial charge < -0.3 is 11.1 Å². The average Bonchev–Trinajstić information content (AvgIpc) is 2.30. The van der Waals surface area contributed by atoms with Gasteiger partial charge in [-0.2, -0.15) is 0 Å². The maximum Gasteiger partial charge on any atom is 0.238 e. The summed E-state index contributed by atoms with van der Waals surface area (Å²) < 4.78 is 22.7. The largest absolute Gasteiger partial charge is 0.381 e. The standard InChI is InChI=1S/C12H18ClN3O2S/c13-11-5-4-10(19(15,17)18)7-12(11)16-9-3-1-2-8(14)6-9/h4-5,7-9,16H,1-3,6,14H2,(H2,15,17,18). The van der Waals surface area contributed by atoms with Crippen molar-refractivity contribution < 1.29 is 8.42 Å². The van der Waals surface area contributed by atoms with Gasteiger partial charge in [-0.1, -0.05) is 11.6 Å². The molecule has 0 saturated heterocycles. The Morgan fingerprint density at radius 3 is 2.68 bits per heavy atom. The Balaban J connectivity index is 2.19. The second kappa shape index (κ2) is 5.66. The number of halogens is 1. The maximum absolute atomic E-state index is 11.3. The molecule has 1 aliphatic carbocycles. The van der Waals surface area contributed by atoms with E-state index in [0.29, 0.717) is 10.7 Å². The van der Waals surface area contributed by atoms with Crippen LogP contribution in [0.15, 0.2) is 23.1 Å². The van der Waals surface area contributed by atoms with E-state index in [0.717, 1.165) is 25.7 Å². The van der Waals surface area contributed by atoms with Crippen LogP contribution in [0, 0.1) is 0 Å². The Hall–Kier alpha value is -0.820. The molecule has 0 amide bonds. The van der Waals surface area contributed by atoms with Crippen molar-refractivity contribution in [2.45, 2.75) is 42.7 Å². The van der Waals surface area contributed by atoms with Crippen molar-refractivity contribution in [3.63, 3.8) is 0 Å². The topological polar surface area (TPSA) is 98.2 Å². The van der Waals surface area contributed by atoms with Crippen LogP contribution in [0.1, 0.15) is 25.7 Å². The lowest BCUT2D eigenvalue weighted by Gasteiger charge is -2.28. The molecule has 7 heteroatoms. The molecule has 1 aromatic rings. The minimum Gasteiger partial charge on any atom is -0.381 e. The van der Waals surface area contributed by atoms with Gasteiger partial charge in [-0.05, 0) is 43.9 Å². The molecule has 0 aromatic heterocycles. The van der Waals surface area contributed by atoms with Crippen LogP contribution in [0.2, 0.25) is 5.02 Å². The third kappa shape index (κ3) is 3.82. The van der Waals surface area contributed by atoms with E-state index in [2.05, 4.69) is 5.32 Å². The lowest BCUT2D eigenvalue weighted by atomic mass is 9.91. The number of nitrogens with two attached hydrogens (primary N) is 2. The fourth-order valence-electron chi connectivity index (χ4n) is 2.37. The van der Waals surface area contributed by atoms with Gasteiger partial charge in [0, 0.05) is 12.1 Å². The highest BCUT2D eigenvalue weighted by Crippen LogP contribution is 2.28. The first-order valence-corrected chi connectivity index (χ1v) is 8.13. The zero-order valence-electron chi connectivity index (χ0n) is 10.5. The first-order chi connectivity index (χ1) is 8.86. The second-order valence-electron chi connectivity index (χ2n) is 4.95. The third-order valence-electron chi connectivity index (χ3n) is 3.34. The van der Waals surface area contributed by atoms with Crippen LogP contribution in [0.5, 0.6) is 0 Å². The number of hydrogen-bond donors (Lipinski definition) is 3. The molecule has 106 valence electrons. The van der Waals surface area contributed by atoms with Crippen molar-refractivity contribution >= 4 is 27.3 Å². The molecule has 2 rings (SSSR count). The zero-order chi connectivity index (χ0) is 14.0. The molecule has 1 aliphatic rings. The van der Waals surface area contributed by atoms with E-state index >= 15 is 0 Å². The number of anilines is 1. The van der Waals surface area contributed by atoms with Gasteiger partial charge in [-0.25, -0.2) is 13.6 Å². The quantitative estimate of drug-likeness (QED) is 0.791. The van der Waals surface area contributed by atoms with Crippen LogP contribution in [-0.4, -0.2) is 20.5 Å². The average molecular weight is 304 g/mol. The van der Waals surface area contributed by atoms with Crippen LogP contribution in [0.3, 0.4) is 0 Å². The minimum atomic E-state index is -3.72. The molecule has 0 bridgehead atoms. The van der Waals surface area contributed by atoms with Gasteiger partial charge in [0.15, 0.2) is 0 Å². The lowest BCUT2D eigenvalue weighted by molar-refractivity contribution is 0.409. The van der Waals surface area contributed by atoms with Gasteiger partial charge in [0.25, 0.3) is 0 Å². The Kier molecular flexibility index (Phi) is 4.35. The Labute approximate surface area is 118 Å². The molecule has 2 atom stereocenters. The summed E-state index contributed by atoms with van der Waals surface area (Å²) in [5, 5.41) is 8.85. The number of hydrogen-bond acceptors (Lipinski definition) is 4. The van der Waals surface area contributed by atoms with Crippen LogP contribution < -0.4 is 16.2 Å². The summed E-state index contributed by atoms with van der Waals surface area (Å²) in [5.74, 6) is 0. The fourth-order valence-corrected chi connectivity index (χ4v) is 3.08. The van der Waals surface area contributed by atoms with E-state index in [4.69, 9.17) is 22.5 Å². The van der Waals surface area contributed by atoms with Gasteiger partial charge in [-0.15, -0.1) is 0 Å². The van der Waals surface area contributed by atoms with Gasteiger partial charge >= 0.3 is 0 Å². The van der Waals surface area contributed by atoms with E-state index in [1.165, 1.54) is 18.2 Å². The number of primary sulfonamides is 1. The highest BCUT2D eigenvalue weighted by molar-refractivity contribution is 7.89. The molecule has 1 fully saturated rings. The summed E-state index contributed by atoms with van der Waals surface area (Å²) in [5.41, 5.74) is 6.52. The SMILES string of the molecule is NC1CCCC(Nc2cc(S(N)(=O)=O)ccc2Cl)C1. The second-order valence-corrected chi connectivity index (χ2v) is 6.92. The molecular formula is C12H18ClN3O2S. The molecule has 2 unspecified atom stereocenters. The van der Waals surface area contributed by atoms with E-state index in [1.54, 1.807) is 0 Å². The van der Waals surface area contributed by atoms with Crippen LogP contribution in [0.4, 0.5) is 5.69 Å². The van der Waals surface area contributed by atoms with E-state index in [1.807, 2.05) is 0 Å². The molecule has 19 heavy (non-hydrogen) atoms. The highest BCUT2D eigenvalue weighted by atomic mass is 35.5. The monoisotopic (exact) mass is 303 g/mol. The van der Waals surface area contributed by atoms with E-state index < -0.39 is 10.0 Å². The van der Waals surface area contributed by atoms with Crippen molar-refractivity contribution in [3.05, 3.63) is 23.2 Å². The molecule has 0 heterocycles.